The average molecular weight is 385 g/mol. The van der Waals surface area contributed by atoms with E-state index in [1.807, 2.05) is 0 Å². The number of nitrogens with one attached hydrogen (secondary N) is 1. The molecule has 1 amide bonds. The lowest BCUT2D eigenvalue weighted by Gasteiger charge is -2.02. The number of carbonyl (C=O) groups is 1. The first-order chi connectivity index (χ1) is 12.9. The molecule has 0 bridgehead atoms. The van der Waals surface area contributed by atoms with Gasteiger partial charge < -0.3 is 9.73 Å². The summed E-state index contributed by atoms with van der Waals surface area (Å²) in [6.07, 6.45) is 1.65. The lowest BCUT2D eigenvalue weighted by Crippen LogP contribution is -2.05. The van der Waals surface area contributed by atoms with Crippen molar-refractivity contribution in [2.75, 3.05) is 5.32 Å². The molecule has 0 aliphatic carbocycles. The Labute approximate surface area is 158 Å². The number of nitrogens with zero attached hydrogens (tertiary/aromatic N) is 3. The van der Waals surface area contributed by atoms with Crippen molar-refractivity contribution in [1.82, 2.24) is 10.2 Å². The molecule has 3 rings (SSSR count). The first-order valence-electron chi connectivity index (χ1n) is 7.76. The number of nitro benzene ring substituents is 1. The van der Waals surface area contributed by atoms with Crippen LogP contribution in [-0.4, -0.2) is 21.0 Å². The van der Waals surface area contributed by atoms with E-state index >= 15 is 0 Å². The van der Waals surface area contributed by atoms with Gasteiger partial charge in [0.05, 0.1) is 4.92 Å². The van der Waals surface area contributed by atoms with E-state index in [1.165, 1.54) is 31.2 Å². The normalized spacial score (nSPS) is 11.3. The molecule has 0 radical (unpaired) electrons. The van der Waals surface area contributed by atoms with E-state index in [4.69, 9.17) is 16.0 Å². The second-order valence-corrected chi connectivity index (χ2v) is 5.92. The SMILES string of the molecule is CC(=O)Nc1ccc(/C=C(\Cl)c2nnc(-c3ccc([N+](=O)[O-])cc3)o2)cc1. The van der Waals surface area contributed by atoms with Crippen molar-refractivity contribution in [2.24, 2.45) is 0 Å². The van der Waals surface area contributed by atoms with Crippen LogP contribution in [0, 0.1) is 10.1 Å². The minimum absolute atomic E-state index is 0.0286. The van der Waals surface area contributed by atoms with E-state index in [-0.39, 0.29) is 28.4 Å². The van der Waals surface area contributed by atoms with Crippen LogP contribution in [0.4, 0.5) is 11.4 Å². The number of aromatic nitrogens is 2. The predicted molar refractivity (Wildman–Crippen MR) is 101 cm³/mol. The number of non-ortho nitro benzene ring substituents is 1. The molecule has 0 unspecified atom stereocenters. The Morgan fingerprint density at radius 2 is 1.81 bits per heavy atom. The fraction of sp³-hybridized carbons (Fsp3) is 0.0556. The number of halogens is 1. The van der Waals surface area contributed by atoms with Gasteiger partial charge in [-0.1, -0.05) is 23.7 Å². The zero-order valence-corrected chi connectivity index (χ0v) is 14.8. The maximum atomic E-state index is 11.0. The van der Waals surface area contributed by atoms with E-state index in [0.29, 0.717) is 11.3 Å². The highest BCUT2D eigenvalue weighted by atomic mass is 35.5. The molecule has 0 aliphatic rings. The van der Waals surface area contributed by atoms with Crippen molar-refractivity contribution >= 4 is 40.0 Å². The Morgan fingerprint density at radius 1 is 1.15 bits per heavy atom. The largest absolute Gasteiger partial charge is 0.415 e. The van der Waals surface area contributed by atoms with Crippen molar-refractivity contribution < 1.29 is 14.1 Å². The molecule has 0 fully saturated rings. The molecule has 2 aromatic carbocycles. The maximum Gasteiger partial charge on any atom is 0.269 e. The predicted octanol–water partition coefficient (Wildman–Crippen LogP) is 4.34. The maximum absolute atomic E-state index is 11.0. The molecule has 0 saturated heterocycles. The van der Waals surface area contributed by atoms with Crippen molar-refractivity contribution in [3.8, 4) is 11.5 Å². The van der Waals surface area contributed by atoms with Crippen LogP contribution in [-0.2, 0) is 4.79 Å². The second-order valence-electron chi connectivity index (χ2n) is 5.51. The van der Waals surface area contributed by atoms with Crippen LogP contribution in [0.3, 0.4) is 0 Å². The molecular formula is C18H13ClN4O4. The van der Waals surface area contributed by atoms with Gasteiger partial charge in [0.1, 0.15) is 5.03 Å². The third kappa shape index (κ3) is 4.56. The minimum atomic E-state index is -0.486. The smallest absolute Gasteiger partial charge is 0.269 e. The van der Waals surface area contributed by atoms with Crippen molar-refractivity contribution in [3.63, 3.8) is 0 Å². The molecule has 8 nitrogen and oxygen atoms in total. The highest BCUT2D eigenvalue weighted by Crippen LogP contribution is 2.26. The molecule has 1 aromatic heterocycles. The molecule has 136 valence electrons. The van der Waals surface area contributed by atoms with E-state index in [1.54, 1.807) is 30.3 Å². The number of hydrogen-bond donors (Lipinski definition) is 1. The molecule has 27 heavy (non-hydrogen) atoms. The van der Waals surface area contributed by atoms with Gasteiger partial charge in [0, 0.05) is 30.3 Å². The molecule has 0 atom stereocenters. The van der Waals surface area contributed by atoms with Gasteiger partial charge in [-0.15, -0.1) is 10.2 Å². The summed E-state index contributed by atoms with van der Waals surface area (Å²) in [5.41, 5.74) is 1.97. The van der Waals surface area contributed by atoms with Gasteiger partial charge in [0.25, 0.3) is 11.6 Å². The van der Waals surface area contributed by atoms with Crippen molar-refractivity contribution in [2.45, 2.75) is 6.92 Å². The summed E-state index contributed by atoms with van der Waals surface area (Å²) < 4.78 is 5.53. The third-order valence-corrected chi connectivity index (χ3v) is 3.75. The van der Waals surface area contributed by atoms with Gasteiger partial charge in [-0.2, -0.15) is 0 Å². The first kappa shape index (κ1) is 18.3. The highest BCUT2D eigenvalue weighted by molar-refractivity contribution is 6.50. The zero-order chi connectivity index (χ0) is 19.4. The van der Waals surface area contributed by atoms with Gasteiger partial charge in [0.15, 0.2) is 0 Å². The molecule has 3 aromatic rings. The number of nitro groups is 1. The fourth-order valence-electron chi connectivity index (χ4n) is 2.24. The lowest BCUT2D eigenvalue weighted by molar-refractivity contribution is -0.384. The second kappa shape index (κ2) is 7.79. The van der Waals surface area contributed by atoms with Crippen LogP contribution >= 0.6 is 11.6 Å². The van der Waals surface area contributed by atoms with Crippen molar-refractivity contribution in [1.29, 1.82) is 0 Å². The number of carbonyl (C=O) groups excluding carboxylic acids is 1. The van der Waals surface area contributed by atoms with Gasteiger partial charge in [-0.05, 0) is 35.9 Å². The van der Waals surface area contributed by atoms with E-state index in [9.17, 15) is 14.9 Å². The fourth-order valence-corrected chi connectivity index (χ4v) is 2.44. The van der Waals surface area contributed by atoms with Gasteiger partial charge in [0.2, 0.25) is 11.8 Å². The minimum Gasteiger partial charge on any atom is -0.415 e. The number of benzene rings is 2. The van der Waals surface area contributed by atoms with E-state index in [2.05, 4.69) is 15.5 Å². The third-order valence-electron chi connectivity index (χ3n) is 3.48. The van der Waals surface area contributed by atoms with Gasteiger partial charge >= 0.3 is 0 Å². The van der Waals surface area contributed by atoms with Crippen molar-refractivity contribution in [3.05, 3.63) is 70.1 Å². The molecule has 1 N–H and O–H groups in total. The quantitative estimate of drug-likeness (QED) is 0.517. The molecule has 0 aliphatic heterocycles. The Hall–Kier alpha value is -3.52. The summed E-state index contributed by atoms with van der Waals surface area (Å²) >= 11 is 6.24. The molecule has 1 heterocycles. The summed E-state index contributed by atoms with van der Waals surface area (Å²) in [6.45, 7) is 1.43. The van der Waals surface area contributed by atoms with E-state index < -0.39 is 4.92 Å². The number of hydrogen-bond acceptors (Lipinski definition) is 6. The number of anilines is 1. The first-order valence-corrected chi connectivity index (χ1v) is 8.14. The number of amides is 1. The average Bonchev–Trinajstić information content (AvgIpc) is 3.13. The van der Waals surface area contributed by atoms with Crippen LogP contribution in [0.15, 0.2) is 52.9 Å². The Balaban J connectivity index is 1.77. The molecule has 0 spiro atoms. The molecular weight excluding hydrogens is 372 g/mol. The summed E-state index contributed by atoms with van der Waals surface area (Å²) in [6, 6.07) is 12.8. The topological polar surface area (TPSA) is 111 Å². The van der Waals surface area contributed by atoms with Crippen LogP contribution in [0.2, 0.25) is 0 Å². The standard InChI is InChI=1S/C18H13ClN4O4/c1-11(24)20-14-6-2-12(3-7-14)10-16(19)18-22-21-17(27-18)13-4-8-15(9-5-13)23(25)26/h2-10H,1H3,(H,20,24)/b16-10-. The summed E-state index contributed by atoms with van der Waals surface area (Å²) in [7, 11) is 0. The Morgan fingerprint density at radius 3 is 2.41 bits per heavy atom. The lowest BCUT2D eigenvalue weighted by atomic mass is 10.2. The Bertz CT molecular complexity index is 1010. The highest BCUT2D eigenvalue weighted by Gasteiger charge is 2.13. The Kier molecular flexibility index (Phi) is 5.28. The zero-order valence-electron chi connectivity index (χ0n) is 14.0. The van der Waals surface area contributed by atoms with Crippen LogP contribution < -0.4 is 5.32 Å². The molecule has 0 saturated carbocycles. The summed E-state index contributed by atoms with van der Waals surface area (Å²) in [5, 5.41) is 21.4. The summed E-state index contributed by atoms with van der Waals surface area (Å²) in [5.74, 6) is 0.171. The van der Waals surface area contributed by atoms with Gasteiger partial charge in [-0.3, -0.25) is 14.9 Å². The van der Waals surface area contributed by atoms with E-state index in [0.717, 1.165) is 5.56 Å². The molecule has 9 heteroatoms. The summed E-state index contributed by atoms with van der Waals surface area (Å²) in [4.78, 5) is 21.2. The van der Waals surface area contributed by atoms with Crippen LogP contribution in [0.25, 0.3) is 22.6 Å². The van der Waals surface area contributed by atoms with Crippen LogP contribution in [0.5, 0.6) is 0 Å². The number of rotatable bonds is 5. The van der Waals surface area contributed by atoms with Crippen LogP contribution in [0.1, 0.15) is 18.4 Å². The monoisotopic (exact) mass is 384 g/mol. The van der Waals surface area contributed by atoms with Gasteiger partial charge in [-0.25, -0.2) is 0 Å².